The van der Waals surface area contributed by atoms with Gasteiger partial charge in [0.2, 0.25) is 0 Å². The average Bonchev–Trinajstić information content (AvgIpc) is 2.14. The van der Waals surface area contributed by atoms with Crippen LogP contribution in [0.25, 0.3) is 0 Å². The molecule has 4 nitrogen and oxygen atoms in total. The maximum absolute atomic E-state index is 10.5. The summed E-state index contributed by atoms with van der Waals surface area (Å²) in [5, 5.41) is 6.05. The highest BCUT2D eigenvalue weighted by atomic mass is 127. The van der Waals surface area contributed by atoms with Gasteiger partial charge in [-0.05, 0) is 0 Å². The molecule has 0 aliphatic heterocycles. The molecule has 0 aliphatic rings. The summed E-state index contributed by atoms with van der Waals surface area (Å²) in [4.78, 5) is 10.5. The van der Waals surface area contributed by atoms with E-state index < -0.39 is 0 Å². The summed E-state index contributed by atoms with van der Waals surface area (Å²) < 4.78 is 4.65. The number of carbonyl (C=O) groups excluding carboxylic acids is 1. The summed E-state index contributed by atoms with van der Waals surface area (Å²) >= 11 is 1.62. The van der Waals surface area contributed by atoms with E-state index in [1.807, 2.05) is 0 Å². The third-order valence-corrected chi connectivity index (χ3v) is 1.23. The lowest BCUT2D eigenvalue weighted by Crippen LogP contribution is -2.10. The molecular formula is C4H4IN2O2+. The number of halogens is 1. The summed E-state index contributed by atoms with van der Waals surface area (Å²) in [7, 11) is 0. The van der Waals surface area contributed by atoms with Gasteiger partial charge in [-0.3, -0.25) is 4.79 Å². The van der Waals surface area contributed by atoms with Crippen molar-refractivity contribution in [2.24, 2.45) is 0 Å². The van der Waals surface area contributed by atoms with Gasteiger partial charge in [-0.15, -0.1) is 0 Å². The van der Waals surface area contributed by atoms with Crippen LogP contribution in [0, 0.1) is 6.92 Å². The van der Waals surface area contributed by atoms with Crippen LogP contribution in [-0.4, -0.2) is 8.89 Å². The number of carbonyl (C=O) groups is 1. The monoisotopic (exact) mass is 239 g/mol. The number of aromatic nitrogens is 2. The van der Waals surface area contributed by atoms with E-state index in [1.54, 1.807) is 29.5 Å². The average molecular weight is 239 g/mol. The highest BCUT2D eigenvalue weighted by Gasteiger charge is 2.15. The molecule has 0 radical (unpaired) electrons. The predicted octanol–water partition coefficient (Wildman–Crippen LogP) is 0.372. The van der Waals surface area contributed by atoms with Gasteiger partial charge in [0.05, 0.1) is 0 Å². The lowest BCUT2D eigenvalue weighted by molar-refractivity contribution is -0.458. The molecule has 0 spiro atoms. The van der Waals surface area contributed by atoms with Crippen LogP contribution in [0.5, 0.6) is 0 Å². The number of rotatable bonds is 1. The van der Waals surface area contributed by atoms with Gasteiger partial charge in [0, 0.05) is 34.6 Å². The lowest BCUT2D eigenvalue weighted by atomic mass is 10.8. The van der Waals surface area contributed by atoms with E-state index in [-0.39, 0.29) is 9.68 Å². The van der Waals surface area contributed by atoms with Crippen LogP contribution in [0.3, 0.4) is 0 Å². The Hall–Kier alpha value is -0.460. The standard InChI is InChI=1S/C4H3IN2O2/c1-2-6-7-4(9-2)3(5)8/h1H3/p+1. The van der Waals surface area contributed by atoms with E-state index in [4.69, 9.17) is 4.42 Å². The van der Waals surface area contributed by atoms with Crippen molar-refractivity contribution in [3.8, 4) is 0 Å². The Labute approximate surface area is 64.8 Å². The SMILES string of the molecule is Cc1n[nH+]c(C(=O)I)o1. The molecule has 0 aromatic carbocycles. The Morgan fingerprint density at radius 3 is 2.78 bits per heavy atom. The zero-order valence-electron chi connectivity index (χ0n) is 4.64. The van der Waals surface area contributed by atoms with Crippen LogP contribution in [0.1, 0.15) is 16.6 Å². The van der Waals surface area contributed by atoms with E-state index in [1.165, 1.54) is 0 Å². The highest BCUT2D eigenvalue weighted by Crippen LogP contribution is 1.99. The molecular weight excluding hydrogens is 235 g/mol. The molecule has 0 saturated heterocycles. The molecule has 1 aromatic heterocycles. The Morgan fingerprint density at radius 2 is 2.56 bits per heavy atom. The minimum atomic E-state index is -0.173. The van der Waals surface area contributed by atoms with Crippen LogP contribution in [0.2, 0.25) is 0 Å². The number of aryl methyl sites for hydroxylation is 1. The predicted molar refractivity (Wildman–Crippen MR) is 36.1 cm³/mol. The van der Waals surface area contributed by atoms with Crippen molar-refractivity contribution in [1.82, 2.24) is 5.10 Å². The molecule has 0 amide bonds. The number of hydrogen-bond acceptors (Lipinski definition) is 3. The Morgan fingerprint density at radius 1 is 1.89 bits per heavy atom. The first-order valence-corrected chi connectivity index (χ1v) is 3.33. The quantitative estimate of drug-likeness (QED) is 0.525. The minimum Gasteiger partial charge on any atom is -0.379 e. The van der Waals surface area contributed by atoms with E-state index in [9.17, 15) is 4.79 Å². The third-order valence-electron chi connectivity index (χ3n) is 0.743. The van der Waals surface area contributed by atoms with Crippen molar-refractivity contribution < 1.29 is 14.3 Å². The van der Waals surface area contributed by atoms with Crippen LogP contribution in [-0.2, 0) is 0 Å². The molecule has 0 aliphatic carbocycles. The lowest BCUT2D eigenvalue weighted by Gasteiger charge is -1.69. The van der Waals surface area contributed by atoms with E-state index in [0.717, 1.165) is 0 Å². The van der Waals surface area contributed by atoms with Crippen LogP contribution in [0.4, 0.5) is 0 Å². The highest BCUT2D eigenvalue weighted by molar-refractivity contribution is 14.1. The fourth-order valence-corrected chi connectivity index (χ4v) is 0.638. The van der Waals surface area contributed by atoms with Gasteiger partial charge in [0.1, 0.15) is 0 Å². The largest absolute Gasteiger partial charge is 0.453 e. The summed E-state index contributed by atoms with van der Waals surface area (Å²) in [6.07, 6.45) is 0. The van der Waals surface area contributed by atoms with Crippen molar-refractivity contribution in [3.63, 3.8) is 0 Å². The van der Waals surface area contributed by atoms with E-state index >= 15 is 0 Å². The molecule has 48 valence electrons. The van der Waals surface area contributed by atoms with Gasteiger partial charge in [0.25, 0.3) is 5.89 Å². The normalized spacial score (nSPS) is 9.56. The third kappa shape index (κ3) is 1.47. The molecule has 5 heteroatoms. The van der Waals surface area contributed by atoms with Crippen LogP contribution < -0.4 is 5.10 Å². The number of hydrogen-bond donors (Lipinski definition) is 0. The number of aromatic amines is 1. The van der Waals surface area contributed by atoms with Gasteiger partial charge in [0.15, 0.2) is 0 Å². The first-order chi connectivity index (χ1) is 4.20. The first-order valence-electron chi connectivity index (χ1n) is 2.25. The molecule has 0 unspecified atom stereocenters. The molecule has 1 aromatic rings. The molecule has 0 saturated carbocycles. The zero-order chi connectivity index (χ0) is 6.85. The number of nitrogens with one attached hydrogen (secondary N) is 1. The van der Waals surface area contributed by atoms with Gasteiger partial charge >= 0.3 is 9.68 Å². The summed E-state index contributed by atoms with van der Waals surface area (Å²) in [5.74, 6) is 0.656. The number of nitrogens with zero attached hydrogens (tertiary/aromatic N) is 1. The van der Waals surface area contributed by atoms with Crippen molar-refractivity contribution >= 4 is 26.4 Å². The van der Waals surface area contributed by atoms with Gasteiger partial charge in [-0.25, -0.2) is 0 Å². The fraction of sp³-hybridized carbons (Fsp3) is 0.250. The fourth-order valence-electron chi connectivity index (χ4n) is 0.407. The molecule has 1 N–H and O–H groups in total. The second kappa shape index (κ2) is 2.42. The molecule has 0 fully saturated rings. The number of H-pyrrole nitrogens is 1. The maximum atomic E-state index is 10.5. The Kier molecular flexibility index (Phi) is 1.79. The van der Waals surface area contributed by atoms with Gasteiger partial charge in [-0.2, -0.15) is 0 Å². The first kappa shape index (κ1) is 6.66. The Bertz CT molecular complexity index is 232. The van der Waals surface area contributed by atoms with E-state index in [0.29, 0.717) is 5.89 Å². The molecule has 0 atom stereocenters. The molecule has 9 heavy (non-hydrogen) atoms. The van der Waals surface area contributed by atoms with Crippen molar-refractivity contribution in [1.29, 1.82) is 0 Å². The smallest absolute Gasteiger partial charge is 0.379 e. The summed E-state index contributed by atoms with van der Waals surface area (Å²) in [5.41, 5.74) is 0. The Balaban J connectivity index is 2.98. The molecule has 0 bridgehead atoms. The van der Waals surface area contributed by atoms with Crippen LogP contribution in [0.15, 0.2) is 4.42 Å². The van der Waals surface area contributed by atoms with E-state index in [2.05, 4.69) is 10.2 Å². The molecule has 1 heterocycles. The van der Waals surface area contributed by atoms with Gasteiger partial charge in [-0.1, -0.05) is 5.10 Å². The van der Waals surface area contributed by atoms with Crippen molar-refractivity contribution in [3.05, 3.63) is 11.8 Å². The molecule has 1 rings (SSSR count). The van der Waals surface area contributed by atoms with Crippen molar-refractivity contribution in [2.45, 2.75) is 6.92 Å². The zero-order valence-corrected chi connectivity index (χ0v) is 6.80. The minimum absolute atomic E-state index is 0.173. The second-order valence-corrected chi connectivity index (χ2v) is 2.43. The maximum Gasteiger partial charge on any atom is 0.453 e. The van der Waals surface area contributed by atoms with Crippen molar-refractivity contribution in [2.75, 3.05) is 0 Å². The topological polar surface area (TPSA) is 57.2 Å². The van der Waals surface area contributed by atoms with Gasteiger partial charge < -0.3 is 4.42 Å². The summed E-state index contributed by atoms with van der Waals surface area (Å²) in [6.45, 7) is 1.67. The van der Waals surface area contributed by atoms with Crippen LogP contribution >= 0.6 is 22.6 Å². The second-order valence-electron chi connectivity index (χ2n) is 1.45. The summed E-state index contributed by atoms with van der Waals surface area (Å²) in [6, 6.07) is 0.